The van der Waals surface area contributed by atoms with Crippen molar-refractivity contribution in [3.8, 4) is 0 Å². The first-order valence-electron chi connectivity index (χ1n) is 5.00. The van der Waals surface area contributed by atoms with Gasteiger partial charge in [0.1, 0.15) is 5.76 Å². The Morgan fingerprint density at radius 2 is 2.00 bits per heavy atom. The summed E-state index contributed by atoms with van der Waals surface area (Å²) in [6, 6.07) is 3.80. The minimum absolute atomic E-state index is 0.662. The predicted molar refractivity (Wildman–Crippen MR) is 61.5 cm³/mol. The molecule has 16 heavy (non-hydrogen) atoms. The minimum atomic E-state index is 0.662. The number of nitrogens with zero attached hydrogens (tertiary/aromatic N) is 4. The van der Waals surface area contributed by atoms with E-state index >= 15 is 0 Å². The van der Waals surface area contributed by atoms with Crippen molar-refractivity contribution in [2.45, 2.75) is 6.54 Å². The highest BCUT2D eigenvalue weighted by Gasteiger charge is 2.09. The van der Waals surface area contributed by atoms with Crippen molar-refractivity contribution >= 4 is 11.9 Å². The van der Waals surface area contributed by atoms with Crippen molar-refractivity contribution in [1.29, 1.82) is 0 Å². The van der Waals surface area contributed by atoms with Crippen molar-refractivity contribution in [3.05, 3.63) is 24.2 Å². The molecule has 2 heterocycles. The van der Waals surface area contributed by atoms with E-state index in [1.54, 1.807) is 6.26 Å². The van der Waals surface area contributed by atoms with E-state index in [0.717, 1.165) is 17.7 Å². The molecule has 2 aromatic heterocycles. The maximum atomic E-state index is 5.27. The lowest BCUT2D eigenvalue weighted by Gasteiger charge is -2.13. The molecule has 0 radical (unpaired) electrons. The standard InChI is InChI=1S/C10H15N5O/c1-14(2)9-11-10(13-12-9)15(3)7-8-5-4-6-16-8/h4-6H,7H2,1-3H3,(H,11,12,13). The largest absolute Gasteiger partial charge is 0.467 e. The fourth-order valence-corrected chi connectivity index (χ4v) is 1.33. The van der Waals surface area contributed by atoms with Crippen LogP contribution in [0.5, 0.6) is 0 Å². The highest BCUT2D eigenvalue weighted by Crippen LogP contribution is 2.13. The molecule has 0 spiro atoms. The van der Waals surface area contributed by atoms with Gasteiger partial charge in [0.15, 0.2) is 0 Å². The summed E-state index contributed by atoms with van der Waals surface area (Å²) in [4.78, 5) is 6.93. The quantitative estimate of drug-likeness (QED) is 0.837. The molecule has 2 aromatic rings. The van der Waals surface area contributed by atoms with E-state index < -0.39 is 0 Å². The molecule has 0 saturated carbocycles. The molecule has 0 saturated heterocycles. The van der Waals surface area contributed by atoms with Crippen LogP contribution in [0.25, 0.3) is 0 Å². The Hall–Kier alpha value is -1.98. The number of aromatic amines is 1. The molecule has 0 unspecified atom stereocenters. The average molecular weight is 221 g/mol. The molecule has 86 valence electrons. The lowest BCUT2D eigenvalue weighted by atomic mass is 10.4. The fourth-order valence-electron chi connectivity index (χ4n) is 1.33. The number of furan rings is 1. The second-order valence-corrected chi connectivity index (χ2v) is 3.80. The summed E-state index contributed by atoms with van der Waals surface area (Å²) >= 11 is 0. The zero-order valence-corrected chi connectivity index (χ0v) is 9.64. The number of nitrogens with one attached hydrogen (secondary N) is 1. The number of hydrogen-bond donors (Lipinski definition) is 1. The SMILES string of the molecule is CN(C)c1nnc(N(C)Cc2ccco2)[nH]1. The lowest BCUT2D eigenvalue weighted by Crippen LogP contribution is -2.17. The molecule has 0 atom stereocenters. The zero-order valence-electron chi connectivity index (χ0n) is 9.64. The summed E-state index contributed by atoms with van der Waals surface area (Å²) in [5, 5.41) is 8.07. The maximum absolute atomic E-state index is 5.27. The van der Waals surface area contributed by atoms with Gasteiger partial charge >= 0.3 is 0 Å². The lowest BCUT2D eigenvalue weighted by molar-refractivity contribution is 0.506. The van der Waals surface area contributed by atoms with Crippen LogP contribution in [0.3, 0.4) is 0 Å². The normalized spacial score (nSPS) is 10.4. The van der Waals surface area contributed by atoms with Crippen LogP contribution in [0, 0.1) is 0 Å². The first-order valence-corrected chi connectivity index (χ1v) is 5.00. The van der Waals surface area contributed by atoms with Gasteiger partial charge in [-0.2, -0.15) is 0 Å². The Bertz CT molecular complexity index is 434. The third-order valence-electron chi connectivity index (χ3n) is 2.22. The molecule has 0 aromatic carbocycles. The Morgan fingerprint density at radius 3 is 2.56 bits per heavy atom. The summed E-state index contributed by atoms with van der Waals surface area (Å²) < 4.78 is 5.27. The summed E-state index contributed by atoms with van der Waals surface area (Å²) in [6.45, 7) is 0.662. The molecule has 0 bridgehead atoms. The molecule has 6 nitrogen and oxygen atoms in total. The summed E-state index contributed by atoms with van der Waals surface area (Å²) in [5.74, 6) is 2.35. The van der Waals surface area contributed by atoms with Crippen LogP contribution in [0.1, 0.15) is 5.76 Å². The first-order chi connectivity index (χ1) is 7.66. The molecule has 6 heteroatoms. The number of anilines is 2. The highest BCUT2D eigenvalue weighted by atomic mass is 16.3. The van der Waals surface area contributed by atoms with Crippen molar-refractivity contribution in [3.63, 3.8) is 0 Å². The highest BCUT2D eigenvalue weighted by molar-refractivity contribution is 5.36. The van der Waals surface area contributed by atoms with Gasteiger partial charge in [0.25, 0.3) is 0 Å². The van der Waals surface area contributed by atoms with Crippen LogP contribution in [-0.2, 0) is 6.54 Å². The van der Waals surface area contributed by atoms with Crippen molar-refractivity contribution in [2.75, 3.05) is 30.9 Å². The van der Waals surface area contributed by atoms with Gasteiger partial charge in [0, 0.05) is 21.1 Å². The number of hydrogen-bond acceptors (Lipinski definition) is 5. The van der Waals surface area contributed by atoms with Gasteiger partial charge in [0.2, 0.25) is 11.9 Å². The second-order valence-electron chi connectivity index (χ2n) is 3.80. The van der Waals surface area contributed by atoms with Crippen molar-refractivity contribution in [2.24, 2.45) is 0 Å². The van der Waals surface area contributed by atoms with Gasteiger partial charge in [-0.1, -0.05) is 0 Å². The van der Waals surface area contributed by atoms with Gasteiger partial charge in [-0.05, 0) is 12.1 Å². The number of rotatable bonds is 4. The summed E-state index contributed by atoms with van der Waals surface area (Å²) in [5.41, 5.74) is 0. The maximum Gasteiger partial charge on any atom is 0.226 e. The van der Waals surface area contributed by atoms with E-state index in [1.165, 1.54) is 0 Å². The smallest absolute Gasteiger partial charge is 0.226 e. The van der Waals surface area contributed by atoms with Crippen LogP contribution >= 0.6 is 0 Å². The fraction of sp³-hybridized carbons (Fsp3) is 0.400. The zero-order chi connectivity index (χ0) is 11.5. The van der Waals surface area contributed by atoms with E-state index in [-0.39, 0.29) is 0 Å². The van der Waals surface area contributed by atoms with Gasteiger partial charge in [-0.3, -0.25) is 4.98 Å². The van der Waals surface area contributed by atoms with Crippen LogP contribution in [0.4, 0.5) is 11.9 Å². The van der Waals surface area contributed by atoms with Gasteiger partial charge < -0.3 is 14.2 Å². The molecular weight excluding hydrogens is 206 g/mol. The third kappa shape index (κ3) is 2.16. The van der Waals surface area contributed by atoms with E-state index in [4.69, 9.17) is 4.42 Å². The topological polar surface area (TPSA) is 61.2 Å². The molecular formula is C10H15N5O. The molecule has 2 rings (SSSR count). The van der Waals surface area contributed by atoms with E-state index in [0.29, 0.717) is 6.54 Å². The van der Waals surface area contributed by atoms with Crippen LogP contribution in [0.15, 0.2) is 22.8 Å². The Morgan fingerprint density at radius 1 is 1.25 bits per heavy atom. The van der Waals surface area contributed by atoms with Crippen molar-refractivity contribution in [1.82, 2.24) is 15.2 Å². The number of H-pyrrole nitrogens is 1. The monoisotopic (exact) mass is 221 g/mol. The molecule has 1 N–H and O–H groups in total. The van der Waals surface area contributed by atoms with Crippen LogP contribution in [-0.4, -0.2) is 36.3 Å². The van der Waals surface area contributed by atoms with Crippen molar-refractivity contribution < 1.29 is 4.42 Å². The van der Waals surface area contributed by atoms with Gasteiger partial charge in [-0.15, -0.1) is 10.2 Å². The first kappa shape index (κ1) is 10.5. The van der Waals surface area contributed by atoms with E-state index in [2.05, 4.69) is 15.2 Å². The van der Waals surface area contributed by atoms with Crippen LogP contribution < -0.4 is 9.80 Å². The molecule has 0 fully saturated rings. The summed E-state index contributed by atoms with van der Waals surface area (Å²) in [7, 11) is 5.76. The Labute approximate surface area is 93.9 Å². The van der Waals surface area contributed by atoms with Crippen LogP contribution in [0.2, 0.25) is 0 Å². The molecule has 0 amide bonds. The third-order valence-corrected chi connectivity index (χ3v) is 2.22. The molecule has 0 aliphatic heterocycles. The van der Waals surface area contributed by atoms with E-state index in [1.807, 2.05) is 43.1 Å². The second kappa shape index (κ2) is 4.26. The van der Waals surface area contributed by atoms with Gasteiger partial charge in [-0.25, -0.2) is 0 Å². The minimum Gasteiger partial charge on any atom is -0.467 e. The predicted octanol–water partition coefficient (Wildman–Crippen LogP) is 1.10. The average Bonchev–Trinajstić information content (AvgIpc) is 2.86. The van der Waals surface area contributed by atoms with Gasteiger partial charge in [0.05, 0.1) is 12.8 Å². The molecule has 0 aliphatic rings. The number of aromatic nitrogens is 3. The van der Waals surface area contributed by atoms with E-state index in [9.17, 15) is 0 Å². The Kier molecular flexibility index (Phi) is 2.80. The molecule has 0 aliphatic carbocycles. The summed E-state index contributed by atoms with van der Waals surface area (Å²) in [6.07, 6.45) is 1.66. The Balaban J connectivity index is 2.06.